The lowest BCUT2D eigenvalue weighted by atomic mass is 10.0. The molecular weight excluding hydrogens is 392 g/mol. The maximum atomic E-state index is 4.71. The van der Waals surface area contributed by atoms with Crippen molar-refractivity contribution >= 4 is 11.7 Å². The summed E-state index contributed by atoms with van der Waals surface area (Å²) >= 11 is 0. The van der Waals surface area contributed by atoms with E-state index in [1.165, 1.54) is 18.4 Å². The van der Waals surface area contributed by atoms with Gasteiger partial charge in [0, 0.05) is 11.1 Å². The summed E-state index contributed by atoms with van der Waals surface area (Å²) in [7, 11) is 0. The fourth-order valence-electron chi connectivity index (χ4n) is 3.50. The quantitative estimate of drug-likeness (QED) is 0.247. The van der Waals surface area contributed by atoms with E-state index in [-0.39, 0.29) is 0 Å². The molecule has 1 heterocycles. The van der Waals surface area contributed by atoms with Crippen molar-refractivity contribution in [1.82, 2.24) is 9.97 Å². The maximum absolute atomic E-state index is 4.71. The number of aryl methyl sites for hydroxylation is 1. The molecule has 0 atom stereocenters. The number of aromatic nitrogens is 2. The van der Waals surface area contributed by atoms with Gasteiger partial charge in [0.05, 0.1) is 17.1 Å². The van der Waals surface area contributed by atoms with E-state index in [1.54, 1.807) is 0 Å². The molecule has 4 nitrogen and oxygen atoms in total. The molecule has 32 heavy (non-hydrogen) atoms. The zero-order valence-electron chi connectivity index (χ0n) is 18.6. The molecule has 0 fully saturated rings. The number of rotatable bonds is 8. The van der Waals surface area contributed by atoms with E-state index in [9.17, 15) is 0 Å². The molecule has 4 heteroatoms. The van der Waals surface area contributed by atoms with Crippen LogP contribution in [0.1, 0.15) is 37.8 Å². The summed E-state index contributed by atoms with van der Waals surface area (Å²) < 4.78 is 0. The molecule has 0 saturated carbocycles. The first kappa shape index (κ1) is 21.4. The molecule has 0 aliphatic rings. The van der Waals surface area contributed by atoms with Crippen molar-refractivity contribution in [2.24, 2.45) is 5.10 Å². The summed E-state index contributed by atoms with van der Waals surface area (Å²) in [5.41, 5.74) is 10.2. The van der Waals surface area contributed by atoms with Crippen LogP contribution in [0, 0.1) is 0 Å². The van der Waals surface area contributed by atoms with Crippen LogP contribution in [0.2, 0.25) is 0 Å². The fourth-order valence-corrected chi connectivity index (χ4v) is 3.50. The summed E-state index contributed by atoms with van der Waals surface area (Å²) in [6, 6.07) is 30.9. The highest BCUT2D eigenvalue weighted by molar-refractivity contribution is 5.99. The van der Waals surface area contributed by atoms with Crippen LogP contribution in [-0.4, -0.2) is 15.7 Å². The fraction of sp³-hybridized carbons (Fsp3) is 0.179. The highest BCUT2D eigenvalue weighted by Gasteiger charge is 2.08. The number of nitrogens with zero attached hydrogens (tertiary/aromatic N) is 3. The Morgan fingerprint density at radius 2 is 1.34 bits per heavy atom. The third-order valence-corrected chi connectivity index (χ3v) is 5.38. The molecule has 0 spiro atoms. The molecule has 0 saturated heterocycles. The average Bonchev–Trinajstić information content (AvgIpc) is 2.87. The zero-order chi connectivity index (χ0) is 22.2. The van der Waals surface area contributed by atoms with Gasteiger partial charge in [-0.15, -0.1) is 0 Å². The van der Waals surface area contributed by atoms with E-state index < -0.39 is 0 Å². The summed E-state index contributed by atoms with van der Waals surface area (Å²) in [4.78, 5) is 9.43. The molecule has 0 bridgehead atoms. The van der Waals surface area contributed by atoms with Crippen molar-refractivity contribution in [3.63, 3.8) is 0 Å². The second-order valence-electron chi connectivity index (χ2n) is 7.80. The minimum atomic E-state index is 0.476. The standard InChI is InChI=1S/C28H28N4/c1-3-4-11-22-16-18-23(19-17-22)21(2)31-32-28-29-26(24-12-7-5-8-13-24)20-27(30-28)25-14-9-6-10-15-25/h5-10,12-20H,3-4,11H2,1-2H3,(H,29,30,32)/b31-21-. The minimum Gasteiger partial charge on any atom is -0.245 e. The van der Waals surface area contributed by atoms with Crippen LogP contribution in [-0.2, 0) is 6.42 Å². The number of nitrogens with one attached hydrogen (secondary N) is 1. The van der Waals surface area contributed by atoms with Crippen LogP contribution in [0.25, 0.3) is 22.5 Å². The third-order valence-electron chi connectivity index (χ3n) is 5.38. The molecular formula is C28H28N4. The van der Waals surface area contributed by atoms with Crippen molar-refractivity contribution in [2.75, 3.05) is 5.43 Å². The van der Waals surface area contributed by atoms with E-state index in [1.807, 2.05) is 49.4 Å². The molecule has 0 amide bonds. The molecule has 0 radical (unpaired) electrons. The van der Waals surface area contributed by atoms with Crippen LogP contribution in [0.3, 0.4) is 0 Å². The van der Waals surface area contributed by atoms with Gasteiger partial charge >= 0.3 is 0 Å². The normalized spacial score (nSPS) is 11.4. The first-order valence-corrected chi connectivity index (χ1v) is 11.1. The van der Waals surface area contributed by atoms with Crippen molar-refractivity contribution < 1.29 is 0 Å². The molecule has 0 aliphatic carbocycles. The lowest BCUT2D eigenvalue weighted by Crippen LogP contribution is -2.04. The van der Waals surface area contributed by atoms with Gasteiger partial charge in [0.15, 0.2) is 0 Å². The van der Waals surface area contributed by atoms with Crippen molar-refractivity contribution in [3.8, 4) is 22.5 Å². The van der Waals surface area contributed by atoms with Crippen LogP contribution in [0.4, 0.5) is 5.95 Å². The highest BCUT2D eigenvalue weighted by Crippen LogP contribution is 2.25. The van der Waals surface area contributed by atoms with Crippen molar-refractivity contribution in [3.05, 3.63) is 102 Å². The van der Waals surface area contributed by atoms with Gasteiger partial charge in [-0.2, -0.15) is 5.10 Å². The molecule has 4 aromatic rings. The van der Waals surface area contributed by atoms with Crippen molar-refractivity contribution in [1.29, 1.82) is 0 Å². The second-order valence-corrected chi connectivity index (χ2v) is 7.80. The molecule has 0 unspecified atom stereocenters. The number of benzene rings is 3. The highest BCUT2D eigenvalue weighted by atomic mass is 15.4. The molecule has 0 aliphatic heterocycles. The summed E-state index contributed by atoms with van der Waals surface area (Å²) in [6.07, 6.45) is 3.54. The molecule has 1 N–H and O–H groups in total. The predicted molar refractivity (Wildman–Crippen MR) is 134 cm³/mol. The smallest absolute Gasteiger partial charge is 0.244 e. The molecule has 160 valence electrons. The topological polar surface area (TPSA) is 50.2 Å². The maximum Gasteiger partial charge on any atom is 0.244 e. The van der Waals surface area contributed by atoms with Gasteiger partial charge in [-0.05, 0) is 37.0 Å². The van der Waals surface area contributed by atoms with E-state index in [4.69, 9.17) is 9.97 Å². The van der Waals surface area contributed by atoms with Crippen LogP contribution in [0.15, 0.2) is 96.1 Å². The van der Waals surface area contributed by atoms with Crippen LogP contribution >= 0.6 is 0 Å². The van der Waals surface area contributed by atoms with Gasteiger partial charge in [-0.25, -0.2) is 15.4 Å². The Hall–Kier alpha value is -3.79. The largest absolute Gasteiger partial charge is 0.245 e. The Labute approximate surface area is 190 Å². The third kappa shape index (κ3) is 5.46. The van der Waals surface area contributed by atoms with Gasteiger partial charge in [0.25, 0.3) is 0 Å². The number of hydrazone groups is 1. The Kier molecular flexibility index (Phi) is 7.03. The lowest BCUT2D eigenvalue weighted by molar-refractivity contribution is 0.795. The average molecular weight is 421 g/mol. The van der Waals surface area contributed by atoms with E-state index in [2.05, 4.69) is 66.0 Å². The Bertz CT molecular complexity index is 1110. The first-order valence-electron chi connectivity index (χ1n) is 11.1. The van der Waals surface area contributed by atoms with E-state index in [0.717, 1.165) is 40.2 Å². The SMILES string of the molecule is CCCCc1ccc(/C(C)=N\Nc2nc(-c3ccccc3)cc(-c3ccccc3)n2)cc1. The van der Waals surface area contributed by atoms with Gasteiger partial charge < -0.3 is 0 Å². The van der Waals surface area contributed by atoms with Gasteiger partial charge in [0.1, 0.15) is 0 Å². The first-order chi connectivity index (χ1) is 15.7. The molecule has 3 aromatic carbocycles. The summed E-state index contributed by atoms with van der Waals surface area (Å²) in [5, 5.41) is 4.57. The Morgan fingerprint density at radius 3 is 1.88 bits per heavy atom. The Balaban J connectivity index is 1.61. The second kappa shape index (κ2) is 10.5. The zero-order valence-corrected chi connectivity index (χ0v) is 18.6. The van der Waals surface area contributed by atoms with Gasteiger partial charge in [-0.3, -0.25) is 0 Å². The summed E-state index contributed by atoms with van der Waals surface area (Å²) in [6.45, 7) is 4.21. The molecule has 1 aromatic heterocycles. The summed E-state index contributed by atoms with van der Waals surface area (Å²) in [5.74, 6) is 0.476. The Morgan fingerprint density at radius 1 is 0.781 bits per heavy atom. The number of unbranched alkanes of at least 4 members (excludes halogenated alkanes) is 1. The van der Waals surface area contributed by atoms with E-state index >= 15 is 0 Å². The molecule has 4 rings (SSSR count). The lowest BCUT2D eigenvalue weighted by Gasteiger charge is -2.09. The van der Waals surface area contributed by atoms with Gasteiger partial charge in [-0.1, -0.05) is 98.3 Å². The number of hydrogen-bond acceptors (Lipinski definition) is 4. The van der Waals surface area contributed by atoms with Crippen LogP contribution < -0.4 is 5.43 Å². The van der Waals surface area contributed by atoms with Gasteiger partial charge in [0.2, 0.25) is 5.95 Å². The van der Waals surface area contributed by atoms with Crippen molar-refractivity contribution in [2.45, 2.75) is 33.1 Å². The van der Waals surface area contributed by atoms with E-state index in [0.29, 0.717) is 5.95 Å². The number of hydrogen-bond donors (Lipinski definition) is 1. The minimum absolute atomic E-state index is 0.476. The van der Waals surface area contributed by atoms with Crippen LogP contribution in [0.5, 0.6) is 0 Å². The predicted octanol–water partition coefficient (Wildman–Crippen LogP) is 6.99. The monoisotopic (exact) mass is 420 g/mol. The number of anilines is 1.